The highest BCUT2D eigenvalue weighted by Crippen LogP contribution is 2.44. The fourth-order valence-electron chi connectivity index (χ4n) is 9.08. The third kappa shape index (κ3) is 5.57. The first kappa shape index (κ1) is 30.2. The van der Waals surface area contributed by atoms with Crippen molar-refractivity contribution in [3.63, 3.8) is 0 Å². The number of hydrogen-bond donors (Lipinski definition) is 0. The Morgan fingerprint density at radius 2 is 0.817 bits per heavy atom. The fourth-order valence-corrected chi connectivity index (χ4v) is 9.08. The van der Waals surface area contributed by atoms with Crippen molar-refractivity contribution in [1.29, 1.82) is 0 Å². The molecule has 1 heterocycles. The molecule has 60 heavy (non-hydrogen) atoms. The Hall–Kier alpha value is -7.94. The van der Waals surface area contributed by atoms with Crippen molar-refractivity contribution in [2.75, 3.05) is 4.90 Å². The van der Waals surface area contributed by atoms with E-state index in [0.717, 1.165) is 49.4 Å². The lowest BCUT2D eigenvalue weighted by atomic mass is 9.93. The lowest BCUT2D eigenvalue weighted by Gasteiger charge is -2.26. The molecule has 2 heteroatoms. The largest absolute Gasteiger partial charge is 0.456 e. The van der Waals surface area contributed by atoms with Gasteiger partial charge < -0.3 is 9.32 Å². The highest BCUT2D eigenvalue weighted by molar-refractivity contribution is 6.15. The Morgan fingerprint density at radius 1 is 0.317 bits per heavy atom. The summed E-state index contributed by atoms with van der Waals surface area (Å²) in [6.07, 6.45) is 0. The molecule has 0 bridgehead atoms. The van der Waals surface area contributed by atoms with Crippen molar-refractivity contribution in [3.8, 4) is 33.4 Å². The van der Waals surface area contributed by atoms with Crippen LogP contribution in [0.5, 0.6) is 0 Å². The minimum Gasteiger partial charge on any atom is -0.456 e. The van der Waals surface area contributed by atoms with E-state index in [1.54, 1.807) is 0 Å². The van der Waals surface area contributed by atoms with Gasteiger partial charge in [-0.2, -0.15) is 0 Å². The van der Waals surface area contributed by atoms with Crippen molar-refractivity contribution >= 4 is 82.1 Å². The lowest BCUT2D eigenvalue weighted by molar-refractivity contribution is 0.669. The molecule has 0 spiro atoms. The van der Waals surface area contributed by atoms with Crippen LogP contribution in [0.25, 0.3) is 98.4 Å². The Kier molecular flexibility index (Phi) is 6.98. The highest BCUT2D eigenvalue weighted by Gasteiger charge is 2.20. The quantitative estimate of drug-likeness (QED) is 0.157. The van der Waals surface area contributed by atoms with Gasteiger partial charge in [-0.15, -0.1) is 0 Å². The van der Waals surface area contributed by atoms with Crippen LogP contribution in [0.4, 0.5) is 17.1 Å². The second-order valence-corrected chi connectivity index (χ2v) is 15.3. The normalized spacial score (nSPS) is 12.6. The maximum Gasteiger partial charge on any atom is 0.137 e. The van der Waals surface area contributed by atoms with Crippen LogP contribution in [0.2, 0.25) is 0 Å². The monoisotopic (exact) mass is 767 g/mol. The number of nitrogens with zero attached hydrogens (tertiary/aromatic N) is 1. The van der Waals surface area contributed by atoms with Gasteiger partial charge in [0.25, 0.3) is 0 Å². The fraction of sp³-hybridized carbons (Fsp3) is 0. The second-order valence-electron chi connectivity index (χ2n) is 15.3. The minimum atomic E-state index is -0.143. The number of rotatable bonds is 6. The maximum atomic E-state index is 9.70. The molecule has 12 aromatic rings. The van der Waals surface area contributed by atoms with E-state index in [1.807, 2.05) is 83.8 Å². The van der Waals surface area contributed by atoms with E-state index in [9.17, 15) is 5.48 Å². The van der Waals surface area contributed by atoms with Crippen LogP contribution in [-0.2, 0) is 0 Å². The molecule has 0 N–H and O–H groups in total. The second kappa shape index (κ2) is 13.9. The van der Waals surface area contributed by atoms with E-state index in [1.165, 1.54) is 32.3 Å². The molecule has 0 fully saturated rings. The molecule has 1 aromatic heterocycles. The van der Waals surface area contributed by atoms with Crippen molar-refractivity contribution in [3.05, 3.63) is 224 Å². The van der Waals surface area contributed by atoms with Gasteiger partial charge in [-0.25, -0.2) is 0 Å². The predicted octanol–water partition coefficient (Wildman–Crippen LogP) is 16.7. The van der Waals surface area contributed by atoms with Gasteiger partial charge >= 0.3 is 0 Å². The van der Waals surface area contributed by atoms with Crippen LogP contribution in [0.15, 0.2) is 229 Å². The summed E-state index contributed by atoms with van der Waals surface area (Å²) in [5, 5.41) is 11.1. The molecule has 0 saturated heterocycles. The maximum absolute atomic E-state index is 9.70. The standard InChI is InChI=1S/C58H37NO/c1-3-12-46-40(10-1)30-36-52-48(15-7-17-50(46)52)42-24-22-38(23-25-42)39-26-32-44(33-27-39)59(55-19-9-21-57-58(55)54-14-5-6-20-56(54)60-57)45-34-28-43(29-35-45)49-16-8-18-51-47-13-4-2-11-41(47)31-37-53(49)51/h1-37H/i26D,27D,32D,33D. The molecule has 2 nitrogen and oxygen atoms in total. The average molecular weight is 768 g/mol. The molecule has 12 rings (SSSR count). The summed E-state index contributed by atoms with van der Waals surface area (Å²) in [6, 6.07) is 67.4. The molecular weight excluding hydrogens is 727 g/mol. The summed E-state index contributed by atoms with van der Waals surface area (Å²) < 4.78 is 44.8. The zero-order chi connectivity index (χ0) is 43.1. The molecule has 0 aliphatic rings. The molecule has 0 unspecified atom stereocenters. The zero-order valence-electron chi connectivity index (χ0n) is 36.4. The molecule has 0 amide bonds. The third-order valence-corrected chi connectivity index (χ3v) is 12.0. The van der Waals surface area contributed by atoms with Crippen LogP contribution in [-0.4, -0.2) is 0 Å². The van der Waals surface area contributed by atoms with Crippen molar-refractivity contribution in [2.45, 2.75) is 0 Å². The minimum absolute atomic E-state index is 0.116. The van der Waals surface area contributed by atoms with Gasteiger partial charge in [-0.1, -0.05) is 182 Å². The number of para-hydroxylation sites is 1. The van der Waals surface area contributed by atoms with E-state index in [2.05, 4.69) is 121 Å². The first-order valence-electron chi connectivity index (χ1n) is 22.3. The first-order valence-corrected chi connectivity index (χ1v) is 20.3. The summed E-state index contributed by atoms with van der Waals surface area (Å²) >= 11 is 0. The van der Waals surface area contributed by atoms with Gasteiger partial charge in [0.1, 0.15) is 11.2 Å². The third-order valence-electron chi connectivity index (χ3n) is 12.0. The lowest BCUT2D eigenvalue weighted by Crippen LogP contribution is -2.10. The molecule has 280 valence electrons. The van der Waals surface area contributed by atoms with Crippen LogP contribution < -0.4 is 4.90 Å². The SMILES string of the molecule is [2H]c1c([2H])c(N(c2ccc(-c3cccc4c3ccc3ccccc34)cc2)c2cccc3oc4ccccc4c23)c([2H])c([2H])c1-c1ccc(-c2cccc3c2ccc2ccccc23)cc1. The molecular formula is C58H37NO. The van der Waals surface area contributed by atoms with Crippen LogP contribution in [0.1, 0.15) is 5.48 Å². The van der Waals surface area contributed by atoms with Gasteiger partial charge in [0.2, 0.25) is 0 Å². The van der Waals surface area contributed by atoms with Crippen molar-refractivity contribution < 1.29 is 9.90 Å². The number of fused-ring (bicyclic) bond motifs is 9. The number of furan rings is 1. The Balaban J connectivity index is 0.999. The van der Waals surface area contributed by atoms with Gasteiger partial charge in [0.15, 0.2) is 0 Å². The topological polar surface area (TPSA) is 16.4 Å². The van der Waals surface area contributed by atoms with E-state index in [0.29, 0.717) is 22.5 Å². The first-order chi connectivity index (χ1) is 31.4. The summed E-state index contributed by atoms with van der Waals surface area (Å²) in [5.41, 5.74) is 7.98. The summed E-state index contributed by atoms with van der Waals surface area (Å²) in [7, 11) is 0. The molecule has 0 saturated carbocycles. The van der Waals surface area contributed by atoms with E-state index in [-0.39, 0.29) is 35.4 Å². The molecule has 11 aromatic carbocycles. The van der Waals surface area contributed by atoms with Gasteiger partial charge in [-0.05, 0) is 119 Å². The van der Waals surface area contributed by atoms with E-state index >= 15 is 0 Å². The average Bonchev–Trinajstić information content (AvgIpc) is 3.74. The summed E-state index contributed by atoms with van der Waals surface area (Å²) in [5.74, 6) is 0. The van der Waals surface area contributed by atoms with E-state index in [4.69, 9.17) is 4.42 Å². The zero-order valence-corrected chi connectivity index (χ0v) is 32.4. The van der Waals surface area contributed by atoms with Gasteiger partial charge in [-0.3, -0.25) is 0 Å². The molecule has 0 aliphatic heterocycles. The smallest absolute Gasteiger partial charge is 0.137 e. The summed E-state index contributed by atoms with van der Waals surface area (Å²) in [6.45, 7) is 0. The summed E-state index contributed by atoms with van der Waals surface area (Å²) in [4.78, 5) is 1.86. The Bertz CT molecular complexity index is 3810. The van der Waals surface area contributed by atoms with Crippen LogP contribution >= 0.6 is 0 Å². The van der Waals surface area contributed by atoms with E-state index < -0.39 is 0 Å². The predicted molar refractivity (Wildman–Crippen MR) is 255 cm³/mol. The van der Waals surface area contributed by atoms with Crippen LogP contribution in [0, 0.1) is 0 Å². The molecule has 0 radical (unpaired) electrons. The molecule has 0 atom stereocenters. The molecule has 0 aliphatic carbocycles. The number of hydrogen-bond acceptors (Lipinski definition) is 2. The number of benzene rings is 11. The highest BCUT2D eigenvalue weighted by atomic mass is 16.3. The van der Waals surface area contributed by atoms with Gasteiger partial charge in [0.05, 0.1) is 16.6 Å². The van der Waals surface area contributed by atoms with Gasteiger partial charge in [0, 0.05) is 16.8 Å². The van der Waals surface area contributed by atoms with Crippen LogP contribution in [0.3, 0.4) is 0 Å². The number of anilines is 3. The Morgan fingerprint density at radius 3 is 1.45 bits per heavy atom. The van der Waals surface area contributed by atoms with Crippen molar-refractivity contribution in [2.24, 2.45) is 0 Å². The Labute approximate surface area is 353 Å². The van der Waals surface area contributed by atoms with Crippen molar-refractivity contribution in [1.82, 2.24) is 0 Å².